The number of amides is 3. The number of carbonyl (C=O) groups is 3. The Morgan fingerprint density at radius 3 is 2.51 bits per heavy atom. The van der Waals surface area contributed by atoms with Crippen molar-refractivity contribution >= 4 is 35.0 Å². The third-order valence-electron chi connectivity index (χ3n) is 5.41. The summed E-state index contributed by atoms with van der Waals surface area (Å²) in [6.07, 6.45) is 1.13. The Bertz CT molecular complexity index is 1330. The van der Waals surface area contributed by atoms with Crippen molar-refractivity contribution in [1.29, 1.82) is 0 Å². The molecule has 3 amide bonds. The van der Waals surface area contributed by atoms with Gasteiger partial charge < -0.3 is 26.4 Å². The zero-order valence-electron chi connectivity index (χ0n) is 19.9. The minimum Gasteiger partial charge on any atom is -0.439 e. The Balaban J connectivity index is 1.50. The summed E-state index contributed by atoms with van der Waals surface area (Å²) in [4.78, 5) is 42.1. The van der Waals surface area contributed by atoms with E-state index in [9.17, 15) is 14.4 Å². The second kappa shape index (κ2) is 11.4. The lowest BCUT2D eigenvalue weighted by molar-refractivity contribution is -0.133. The molecule has 190 valence electrons. The molecule has 1 unspecified atom stereocenters. The largest absolute Gasteiger partial charge is 0.439 e. The summed E-state index contributed by atoms with van der Waals surface area (Å²) in [7, 11) is 0. The maximum Gasteiger partial charge on any atom is 0.275 e. The van der Waals surface area contributed by atoms with Gasteiger partial charge in [0.05, 0.1) is 0 Å². The topological polar surface area (TPSA) is 139 Å². The van der Waals surface area contributed by atoms with E-state index in [0.717, 1.165) is 5.56 Å². The molecule has 1 aliphatic rings. The van der Waals surface area contributed by atoms with Crippen molar-refractivity contribution in [3.8, 4) is 11.6 Å². The molecule has 0 fully saturated rings. The first-order valence-corrected chi connectivity index (χ1v) is 11.8. The smallest absolute Gasteiger partial charge is 0.275 e. The van der Waals surface area contributed by atoms with Crippen LogP contribution in [-0.4, -0.2) is 33.9 Å². The summed E-state index contributed by atoms with van der Waals surface area (Å²) in [6, 6.07) is 18.9. The van der Waals surface area contributed by atoms with E-state index in [1.54, 1.807) is 60.4 Å². The molecular weight excluding hydrogens is 496 g/mol. The standard InChI is InChI=1S/C26H25ClN6O4/c1-2-22(34)31-21-14-29-26(33(25(21)36)15-16-6-8-17(27)9-7-16)30-18-10-12-19(13-11-18)37-23-5-3-4-20(32-23)24(28)35/h3-14,26,29-30H,2,15H2,1H3,(H2,28,35)(H,31,34). The van der Waals surface area contributed by atoms with Gasteiger partial charge in [-0.25, -0.2) is 4.98 Å². The van der Waals surface area contributed by atoms with E-state index in [0.29, 0.717) is 16.5 Å². The Morgan fingerprint density at radius 2 is 1.84 bits per heavy atom. The third-order valence-corrected chi connectivity index (χ3v) is 5.66. The average Bonchev–Trinajstić information content (AvgIpc) is 2.90. The summed E-state index contributed by atoms with van der Waals surface area (Å²) in [5, 5.41) is 9.64. The van der Waals surface area contributed by atoms with Gasteiger partial charge in [0.1, 0.15) is 17.1 Å². The number of primary amides is 1. The molecule has 3 aromatic rings. The number of nitrogens with zero attached hydrogens (tertiary/aromatic N) is 2. The number of nitrogens with one attached hydrogen (secondary N) is 3. The number of carbonyl (C=O) groups excluding carboxylic acids is 3. The van der Waals surface area contributed by atoms with E-state index in [4.69, 9.17) is 22.1 Å². The van der Waals surface area contributed by atoms with Crippen molar-refractivity contribution in [2.45, 2.75) is 26.2 Å². The number of rotatable bonds is 9. The van der Waals surface area contributed by atoms with Gasteiger partial charge in [-0.3, -0.25) is 19.3 Å². The van der Waals surface area contributed by atoms with E-state index in [1.165, 1.54) is 12.3 Å². The molecule has 10 nitrogen and oxygen atoms in total. The van der Waals surface area contributed by atoms with Gasteiger partial charge in [-0.05, 0) is 48.0 Å². The molecule has 0 aliphatic carbocycles. The van der Waals surface area contributed by atoms with Crippen LogP contribution in [0.3, 0.4) is 0 Å². The number of anilines is 1. The minimum atomic E-state index is -0.644. The van der Waals surface area contributed by atoms with Gasteiger partial charge in [0.25, 0.3) is 11.8 Å². The van der Waals surface area contributed by atoms with Crippen molar-refractivity contribution in [3.63, 3.8) is 0 Å². The molecule has 0 radical (unpaired) electrons. The first-order valence-electron chi connectivity index (χ1n) is 11.4. The van der Waals surface area contributed by atoms with Crippen molar-refractivity contribution in [1.82, 2.24) is 20.5 Å². The SMILES string of the molecule is CCC(=O)NC1=CNC(Nc2ccc(Oc3cccc(C(N)=O)n3)cc2)N(Cc2ccc(Cl)cc2)C1=O. The summed E-state index contributed by atoms with van der Waals surface area (Å²) >= 11 is 6.00. The van der Waals surface area contributed by atoms with Crippen molar-refractivity contribution in [3.05, 3.63) is 94.9 Å². The molecule has 2 aromatic carbocycles. The predicted molar refractivity (Wildman–Crippen MR) is 138 cm³/mol. The summed E-state index contributed by atoms with van der Waals surface area (Å²) < 4.78 is 5.72. The van der Waals surface area contributed by atoms with E-state index in [-0.39, 0.29) is 42.1 Å². The number of hydrogen-bond acceptors (Lipinski definition) is 7. The van der Waals surface area contributed by atoms with Crippen LogP contribution in [0.5, 0.6) is 11.6 Å². The van der Waals surface area contributed by atoms with Gasteiger partial charge in [0, 0.05) is 35.9 Å². The molecule has 37 heavy (non-hydrogen) atoms. The van der Waals surface area contributed by atoms with Gasteiger partial charge in [0.15, 0.2) is 6.29 Å². The lowest BCUT2D eigenvalue weighted by atomic mass is 10.2. The van der Waals surface area contributed by atoms with Gasteiger partial charge >= 0.3 is 0 Å². The maximum atomic E-state index is 13.3. The molecule has 1 aromatic heterocycles. The average molecular weight is 521 g/mol. The summed E-state index contributed by atoms with van der Waals surface area (Å²) in [5.41, 5.74) is 7.10. The van der Waals surface area contributed by atoms with Crippen molar-refractivity contribution < 1.29 is 19.1 Å². The quantitative estimate of drug-likeness (QED) is 0.339. The van der Waals surface area contributed by atoms with Gasteiger partial charge in [-0.1, -0.05) is 36.7 Å². The molecule has 1 atom stereocenters. The van der Waals surface area contributed by atoms with E-state index >= 15 is 0 Å². The maximum absolute atomic E-state index is 13.3. The molecule has 1 aliphatic heterocycles. The summed E-state index contributed by atoms with van der Waals surface area (Å²) in [5.74, 6) is -0.513. The van der Waals surface area contributed by atoms with Crippen LogP contribution < -0.4 is 26.4 Å². The molecular formula is C26H25ClN6O4. The Hall–Kier alpha value is -4.57. The lowest BCUT2D eigenvalue weighted by Crippen LogP contribution is -2.56. The van der Waals surface area contributed by atoms with Crippen molar-refractivity contribution in [2.24, 2.45) is 5.73 Å². The van der Waals surface area contributed by atoms with Crippen LogP contribution in [0.1, 0.15) is 29.4 Å². The molecule has 2 heterocycles. The first-order chi connectivity index (χ1) is 17.8. The monoisotopic (exact) mass is 520 g/mol. The highest BCUT2D eigenvalue weighted by Crippen LogP contribution is 2.23. The first kappa shape index (κ1) is 25.5. The zero-order valence-corrected chi connectivity index (χ0v) is 20.7. The van der Waals surface area contributed by atoms with Crippen molar-refractivity contribution in [2.75, 3.05) is 5.32 Å². The molecule has 5 N–H and O–H groups in total. The molecule has 4 rings (SSSR count). The Kier molecular flexibility index (Phi) is 7.89. The molecule has 0 saturated heterocycles. The van der Waals surface area contributed by atoms with E-state index in [1.807, 2.05) is 12.1 Å². The number of benzene rings is 2. The van der Waals surface area contributed by atoms with E-state index in [2.05, 4.69) is 20.9 Å². The molecule has 0 saturated carbocycles. The fourth-order valence-electron chi connectivity index (χ4n) is 3.49. The Morgan fingerprint density at radius 1 is 1.11 bits per heavy atom. The van der Waals surface area contributed by atoms with Gasteiger partial charge in [-0.2, -0.15) is 0 Å². The lowest BCUT2D eigenvalue weighted by Gasteiger charge is -2.37. The fourth-order valence-corrected chi connectivity index (χ4v) is 3.62. The second-order valence-corrected chi connectivity index (χ2v) is 8.52. The van der Waals surface area contributed by atoms with Crippen LogP contribution in [0.15, 0.2) is 78.6 Å². The predicted octanol–water partition coefficient (Wildman–Crippen LogP) is 3.32. The zero-order chi connectivity index (χ0) is 26.4. The number of pyridine rings is 1. The van der Waals surface area contributed by atoms with Crippen LogP contribution in [0.25, 0.3) is 0 Å². The second-order valence-electron chi connectivity index (χ2n) is 8.08. The number of ether oxygens (including phenoxy) is 1. The van der Waals surface area contributed by atoms with Crippen LogP contribution in [0.2, 0.25) is 5.02 Å². The van der Waals surface area contributed by atoms with Crippen LogP contribution in [0.4, 0.5) is 5.69 Å². The Labute approximate surface area is 218 Å². The number of nitrogens with two attached hydrogens (primary N) is 1. The van der Waals surface area contributed by atoms with Gasteiger partial charge in [0.2, 0.25) is 11.8 Å². The molecule has 11 heteroatoms. The number of aromatic nitrogens is 1. The van der Waals surface area contributed by atoms with Crippen LogP contribution in [0, 0.1) is 0 Å². The third kappa shape index (κ3) is 6.56. The summed E-state index contributed by atoms with van der Waals surface area (Å²) in [6.45, 7) is 1.98. The molecule has 0 spiro atoms. The number of halogens is 1. The van der Waals surface area contributed by atoms with Crippen LogP contribution in [-0.2, 0) is 16.1 Å². The minimum absolute atomic E-state index is 0.104. The fraction of sp³-hybridized carbons (Fsp3) is 0.154. The van der Waals surface area contributed by atoms with Crippen LogP contribution >= 0.6 is 11.6 Å². The molecule has 0 bridgehead atoms. The number of hydrogen-bond donors (Lipinski definition) is 4. The highest BCUT2D eigenvalue weighted by molar-refractivity contribution is 6.30. The highest BCUT2D eigenvalue weighted by Gasteiger charge is 2.31. The van der Waals surface area contributed by atoms with E-state index < -0.39 is 12.2 Å². The highest BCUT2D eigenvalue weighted by atomic mass is 35.5. The van der Waals surface area contributed by atoms with Gasteiger partial charge in [-0.15, -0.1) is 0 Å². The normalized spacial score (nSPS) is 14.9.